The van der Waals surface area contributed by atoms with Gasteiger partial charge in [0.1, 0.15) is 23.1 Å². The van der Waals surface area contributed by atoms with E-state index in [1.54, 1.807) is 10.6 Å². The first-order valence-corrected chi connectivity index (χ1v) is 13.6. The number of halogens is 3. The quantitative estimate of drug-likeness (QED) is 0.154. The van der Waals surface area contributed by atoms with Crippen LogP contribution in [0.5, 0.6) is 0 Å². The number of rotatable bonds is 11. The number of amides is 1. The number of anilines is 1. The van der Waals surface area contributed by atoms with E-state index < -0.39 is 48.0 Å². The molecule has 7 nitrogen and oxygen atoms in total. The predicted molar refractivity (Wildman–Crippen MR) is 165 cm³/mol. The van der Waals surface area contributed by atoms with Gasteiger partial charge in [-0.25, -0.2) is 13.2 Å². The zero-order valence-electron chi connectivity index (χ0n) is 23.5. The van der Waals surface area contributed by atoms with E-state index in [1.807, 2.05) is 13.8 Å². The van der Waals surface area contributed by atoms with Gasteiger partial charge in [-0.3, -0.25) is 9.59 Å². The topological polar surface area (TPSA) is 112 Å². The summed E-state index contributed by atoms with van der Waals surface area (Å²) in [4.78, 5) is 25.0. The molecule has 0 unspecified atom stereocenters. The zero-order valence-corrected chi connectivity index (χ0v) is 23.5. The molecule has 4 aromatic rings. The summed E-state index contributed by atoms with van der Waals surface area (Å²) in [6, 6.07) is 16.0. The van der Waals surface area contributed by atoms with Crippen LogP contribution in [-0.2, 0) is 4.79 Å². The first-order valence-electron chi connectivity index (χ1n) is 13.6. The second-order valence-electron chi connectivity index (χ2n) is 10.3. The number of nitrogens with zero attached hydrogens (tertiary/aromatic N) is 1. The van der Waals surface area contributed by atoms with Crippen LogP contribution in [0, 0.1) is 17.5 Å². The van der Waals surface area contributed by atoms with E-state index in [0.717, 1.165) is 0 Å². The van der Waals surface area contributed by atoms with E-state index in [-0.39, 0.29) is 47.7 Å². The Morgan fingerprint density at radius 1 is 0.818 bits per heavy atom. The Kier molecular flexibility index (Phi) is 12.2. The Hall–Kier alpha value is -3.67. The van der Waals surface area contributed by atoms with Gasteiger partial charge in [-0.05, 0) is 79.6 Å². The molecule has 4 rings (SSSR count). The molecule has 1 heterocycles. The third-order valence-corrected chi connectivity index (χ3v) is 6.74. The molecule has 3 aromatic carbocycles. The Morgan fingerprint density at radius 2 is 1.30 bits per heavy atom. The molecule has 0 spiro atoms. The number of carboxylic acids is 1. The van der Waals surface area contributed by atoms with Crippen molar-refractivity contribution < 1.29 is 38.1 Å². The maximum absolute atomic E-state index is 14.0. The molecule has 11 heteroatoms. The molecule has 0 saturated carbocycles. The number of benzene rings is 3. The third-order valence-electron chi connectivity index (χ3n) is 6.74. The predicted octanol–water partition coefficient (Wildman–Crippen LogP) is 6.02. The molecule has 4 N–H and O–H groups in total. The van der Waals surface area contributed by atoms with Crippen molar-refractivity contribution in [3.63, 3.8) is 0 Å². The molecule has 44 heavy (non-hydrogen) atoms. The number of hydrogen-bond acceptors (Lipinski definition) is 4. The number of hydrogen-bond donors (Lipinski definition) is 4. The average molecular weight is 617 g/mol. The Morgan fingerprint density at radius 3 is 1.77 bits per heavy atom. The molecule has 0 radical (unpaired) electrons. The summed E-state index contributed by atoms with van der Waals surface area (Å²) in [7, 11) is 0. The summed E-state index contributed by atoms with van der Waals surface area (Å²) in [5.41, 5.74) is 2.84. The van der Waals surface area contributed by atoms with Crippen LogP contribution in [0.3, 0.4) is 0 Å². The van der Waals surface area contributed by atoms with E-state index in [9.17, 15) is 33.0 Å². The number of nitrogens with one attached hydrogen (secondary N) is 1. The van der Waals surface area contributed by atoms with Gasteiger partial charge < -0.3 is 25.2 Å². The molecule has 0 aliphatic rings. The van der Waals surface area contributed by atoms with Crippen molar-refractivity contribution in [2.75, 3.05) is 5.32 Å². The standard InChI is InChI=1S/C33H31F3N2O5.Na.H/c1-19(2)38-28(16-15-26(39)17-27(40)18-29(41)42)30(20-3-7-22(34)8-4-20)31(21-5-9-23(35)10-6-21)32(38)33(43)37-25-13-11-24(36)12-14-25;;/h3-16,19,26-27,39-40H,17-18H2,1-2H3,(H,37,43)(H,41,42);;/b16-15+;;/t26-,27-;;/m1../s1. The number of aliphatic hydroxyl groups excluding tert-OH is 2. The second kappa shape index (κ2) is 15.4. The van der Waals surface area contributed by atoms with Crippen LogP contribution in [0.2, 0.25) is 0 Å². The van der Waals surface area contributed by atoms with Crippen LogP contribution in [0.1, 0.15) is 48.9 Å². The summed E-state index contributed by atoms with van der Waals surface area (Å²) < 4.78 is 43.3. The van der Waals surface area contributed by atoms with Gasteiger partial charge in [0, 0.05) is 35.0 Å². The van der Waals surface area contributed by atoms with Crippen LogP contribution in [0.25, 0.3) is 28.3 Å². The number of carboxylic acid groups (broad SMARTS) is 1. The van der Waals surface area contributed by atoms with Gasteiger partial charge in [0.25, 0.3) is 5.91 Å². The van der Waals surface area contributed by atoms with Crippen molar-refractivity contribution in [2.24, 2.45) is 0 Å². The van der Waals surface area contributed by atoms with E-state index in [4.69, 9.17) is 5.11 Å². The molecule has 0 saturated heterocycles. The first kappa shape index (κ1) is 34.8. The fourth-order valence-electron chi connectivity index (χ4n) is 4.91. The summed E-state index contributed by atoms with van der Waals surface area (Å²) in [5, 5.41) is 32.4. The fraction of sp³-hybridized carbons (Fsp3) is 0.212. The van der Waals surface area contributed by atoms with Crippen LogP contribution < -0.4 is 5.32 Å². The summed E-state index contributed by atoms with van der Waals surface area (Å²) >= 11 is 0. The third kappa shape index (κ3) is 8.49. The molecule has 2 atom stereocenters. The minimum atomic E-state index is -1.29. The van der Waals surface area contributed by atoms with Crippen LogP contribution in [-0.4, -0.2) is 73.5 Å². The Balaban J connectivity index is 0.00000529. The zero-order chi connectivity index (χ0) is 31.3. The second-order valence-corrected chi connectivity index (χ2v) is 10.3. The summed E-state index contributed by atoms with van der Waals surface area (Å²) in [6.07, 6.45) is -0.397. The first-order chi connectivity index (χ1) is 20.4. The molecule has 0 aliphatic heterocycles. The monoisotopic (exact) mass is 616 g/mol. The molecule has 226 valence electrons. The van der Waals surface area contributed by atoms with Gasteiger partial charge in [0.2, 0.25) is 0 Å². The normalized spacial score (nSPS) is 12.6. The molecule has 1 aromatic heterocycles. The number of aromatic nitrogens is 1. The number of carbonyl (C=O) groups is 2. The van der Waals surface area contributed by atoms with Gasteiger partial charge in [0.15, 0.2) is 0 Å². The van der Waals surface area contributed by atoms with Crippen LogP contribution in [0.4, 0.5) is 18.9 Å². The number of carbonyl (C=O) groups excluding carboxylic acids is 1. The Labute approximate surface area is 275 Å². The Bertz CT molecular complexity index is 1620. The van der Waals surface area contributed by atoms with Crippen LogP contribution in [0.15, 0.2) is 78.9 Å². The molecule has 0 aliphatic carbocycles. The van der Waals surface area contributed by atoms with Crippen molar-refractivity contribution in [3.05, 3.63) is 108 Å². The van der Waals surface area contributed by atoms with E-state index >= 15 is 0 Å². The summed E-state index contributed by atoms with van der Waals surface area (Å²) in [5.74, 6) is -3.22. The number of aliphatic carboxylic acids is 1. The molecular weight excluding hydrogens is 584 g/mol. The number of aliphatic hydroxyl groups is 2. The van der Waals surface area contributed by atoms with E-state index in [1.165, 1.54) is 78.9 Å². The van der Waals surface area contributed by atoms with E-state index in [2.05, 4.69) is 5.32 Å². The van der Waals surface area contributed by atoms with Crippen molar-refractivity contribution in [1.29, 1.82) is 0 Å². The van der Waals surface area contributed by atoms with Gasteiger partial charge in [-0.1, -0.05) is 30.3 Å². The van der Waals surface area contributed by atoms with Crippen molar-refractivity contribution in [3.8, 4) is 22.3 Å². The fourth-order valence-corrected chi connectivity index (χ4v) is 4.91. The average Bonchev–Trinajstić information content (AvgIpc) is 3.29. The molecule has 0 bridgehead atoms. The van der Waals surface area contributed by atoms with Crippen LogP contribution >= 0.6 is 0 Å². The van der Waals surface area contributed by atoms with Crippen molar-refractivity contribution in [2.45, 2.75) is 44.9 Å². The molecule has 1 amide bonds. The SMILES string of the molecule is CC(C)n1c(/C=C/[C@@H](O)C[C@@H](O)CC(=O)O)c(-c2ccc(F)cc2)c(-c2ccc(F)cc2)c1C(=O)Nc1ccc(F)cc1.[NaH]. The molecule has 0 fully saturated rings. The van der Waals surface area contributed by atoms with Gasteiger partial charge in [-0.2, -0.15) is 0 Å². The maximum atomic E-state index is 14.0. The van der Waals surface area contributed by atoms with Gasteiger partial charge in [-0.15, -0.1) is 0 Å². The van der Waals surface area contributed by atoms with Crippen molar-refractivity contribution >= 4 is 53.2 Å². The minimum absolute atomic E-state index is 0. The summed E-state index contributed by atoms with van der Waals surface area (Å²) in [6.45, 7) is 3.67. The van der Waals surface area contributed by atoms with Gasteiger partial charge >= 0.3 is 35.5 Å². The van der Waals surface area contributed by atoms with Gasteiger partial charge in [0.05, 0.1) is 18.6 Å². The van der Waals surface area contributed by atoms with Crippen molar-refractivity contribution in [1.82, 2.24) is 4.57 Å². The van der Waals surface area contributed by atoms with E-state index in [0.29, 0.717) is 33.6 Å². The molecular formula is C33H32F3N2NaO5.